The smallest absolute Gasteiger partial charge is 0.408 e. The summed E-state index contributed by atoms with van der Waals surface area (Å²) in [5.74, 6) is -1.46. The molecule has 1 N–H and O–H groups in total. The quantitative estimate of drug-likeness (QED) is 0.383. The summed E-state index contributed by atoms with van der Waals surface area (Å²) in [5, 5.41) is 2.88. The maximum atomic E-state index is 12.8. The van der Waals surface area contributed by atoms with Crippen molar-refractivity contribution in [2.24, 2.45) is 0 Å². The molecule has 208 valence electrons. The number of carbonyl (C=O) groups excluding carboxylic acids is 2. The van der Waals surface area contributed by atoms with Crippen LogP contribution < -0.4 is 5.32 Å². The van der Waals surface area contributed by atoms with Gasteiger partial charge in [0, 0.05) is 0 Å². The molecule has 2 aliphatic rings. The van der Waals surface area contributed by atoms with Gasteiger partial charge in [-0.1, -0.05) is 39.0 Å². The molecule has 0 aliphatic carbocycles. The summed E-state index contributed by atoms with van der Waals surface area (Å²) >= 11 is 0. The van der Waals surface area contributed by atoms with Crippen molar-refractivity contribution in [3.63, 3.8) is 0 Å². The zero-order valence-corrected chi connectivity index (χ0v) is 24.7. The third kappa shape index (κ3) is 7.54. The highest BCUT2D eigenvalue weighted by atomic mass is 28.4. The Morgan fingerprint density at radius 3 is 2.19 bits per heavy atom. The average Bonchev–Trinajstić information content (AvgIpc) is 3.23. The van der Waals surface area contributed by atoms with Gasteiger partial charge >= 0.3 is 12.1 Å². The van der Waals surface area contributed by atoms with Gasteiger partial charge in [-0.2, -0.15) is 0 Å². The Balaban J connectivity index is 1.85. The summed E-state index contributed by atoms with van der Waals surface area (Å²) in [5.41, 5.74) is -0.287. The second-order valence-corrected chi connectivity index (χ2v) is 17.4. The maximum absolute atomic E-state index is 12.8. The molecule has 2 heterocycles. The van der Waals surface area contributed by atoms with Crippen LogP contribution in [0.2, 0.25) is 18.1 Å². The summed E-state index contributed by atoms with van der Waals surface area (Å²) in [6.07, 6.45) is -3.62. The molecule has 0 radical (unpaired) electrons. The molecule has 10 heteroatoms. The normalized spacial score (nSPS) is 26.3. The van der Waals surface area contributed by atoms with E-state index >= 15 is 0 Å². The van der Waals surface area contributed by atoms with E-state index in [2.05, 4.69) is 39.2 Å². The Kier molecular flexibility index (Phi) is 8.51. The fraction of sp³-hybridized carbons (Fsp3) is 0.704. The van der Waals surface area contributed by atoms with E-state index in [-0.39, 0.29) is 11.6 Å². The van der Waals surface area contributed by atoms with Gasteiger partial charge in [0.25, 0.3) is 0 Å². The predicted molar refractivity (Wildman–Crippen MR) is 141 cm³/mol. The van der Waals surface area contributed by atoms with Crippen LogP contribution in [-0.4, -0.2) is 69.0 Å². The molecule has 3 rings (SSSR count). The Morgan fingerprint density at radius 1 is 1.03 bits per heavy atom. The zero-order chi connectivity index (χ0) is 27.8. The van der Waals surface area contributed by atoms with Crippen LogP contribution in [-0.2, 0) is 28.1 Å². The van der Waals surface area contributed by atoms with E-state index in [1.54, 1.807) is 58.9 Å². The Morgan fingerprint density at radius 2 is 1.62 bits per heavy atom. The van der Waals surface area contributed by atoms with Crippen molar-refractivity contribution in [3.05, 3.63) is 35.9 Å². The van der Waals surface area contributed by atoms with Gasteiger partial charge < -0.3 is 33.4 Å². The lowest BCUT2D eigenvalue weighted by molar-refractivity contribution is -0.223. The maximum Gasteiger partial charge on any atom is 0.408 e. The van der Waals surface area contributed by atoms with Gasteiger partial charge in [0.2, 0.25) is 6.29 Å². The van der Waals surface area contributed by atoms with Crippen molar-refractivity contribution in [3.8, 4) is 0 Å². The van der Waals surface area contributed by atoms with Crippen LogP contribution in [0.3, 0.4) is 0 Å². The second kappa shape index (κ2) is 10.6. The lowest BCUT2D eigenvalue weighted by atomic mass is 10.0. The first-order valence-corrected chi connectivity index (χ1v) is 15.7. The lowest BCUT2D eigenvalue weighted by Gasteiger charge is -2.38. The molecule has 0 unspecified atom stereocenters. The number of nitrogens with one attached hydrogen (secondary N) is 1. The van der Waals surface area contributed by atoms with Gasteiger partial charge in [-0.15, -0.1) is 0 Å². The summed E-state index contributed by atoms with van der Waals surface area (Å²) in [6.45, 7) is 19.9. The van der Waals surface area contributed by atoms with Gasteiger partial charge in [0.05, 0.1) is 18.2 Å². The van der Waals surface area contributed by atoms with Gasteiger partial charge in [0.1, 0.15) is 17.8 Å². The molecule has 0 aromatic heterocycles. The molecular weight excluding hydrogens is 494 g/mol. The van der Waals surface area contributed by atoms with Crippen molar-refractivity contribution in [1.29, 1.82) is 0 Å². The Labute approximate surface area is 221 Å². The zero-order valence-electron chi connectivity index (χ0n) is 23.7. The standard InChI is InChI=1S/C27H43NO8Si/c1-25(2,3)36-24(30)28-18(16-31-37(9,10)26(4,5)6)19-20-21(35-27(7,8)34-20)23(32-19)33-22(29)17-14-12-11-13-15-17/h11-15,18-21,23H,16H2,1-10H3,(H,28,30)/t18-,19-,20+,21+,23-/m1/s1. The molecule has 2 aliphatic heterocycles. The summed E-state index contributed by atoms with van der Waals surface area (Å²) in [7, 11) is -2.17. The van der Waals surface area contributed by atoms with Crippen LogP contribution in [0, 0.1) is 0 Å². The fourth-order valence-corrected chi connectivity index (χ4v) is 4.98. The van der Waals surface area contributed by atoms with Crippen LogP contribution in [0.4, 0.5) is 4.79 Å². The molecule has 0 saturated carbocycles. The number of rotatable bonds is 7. The van der Waals surface area contributed by atoms with Crippen molar-refractivity contribution < 1.29 is 37.7 Å². The minimum absolute atomic E-state index is 0.0365. The van der Waals surface area contributed by atoms with Crippen LogP contribution in [0.1, 0.15) is 65.7 Å². The fourth-order valence-electron chi connectivity index (χ4n) is 3.95. The molecule has 2 fully saturated rings. The number of hydrogen-bond donors (Lipinski definition) is 1. The highest BCUT2D eigenvalue weighted by Crippen LogP contribution is 2.41. The first-order valence-electron chi connectivity index (χ1n) is 12.8. The average molecular weight is 538 g/mol. The second-order valence-electron chi connectivity index (χ2n) is 12.6. The minimum Gasteiger partial charge on any atom is -0.444 e. The van der Waals surface area contributed by atoms with Crippen molar-refractivity contribution >= 4 is 20.4 Å². The van der Waals surface area contributed by atoms with E-state index in [1.165, 1.54) is 0 Å². The van der Waals surface area contributed by atoms with Gasteiger partial charge in [-0.05, 0) is 64.9 Å². The molecule has 1 aromatic rings. The largest absolute Gasteiger partial charge is 0.444 e. The van der Waals surface area contributed by atoms with Gasteiger partial charge in [-0.25, -0.2) is 9.59 Å². The van der Waals surface area contributed by atoms with Crippen molar-refractivity contribution in [1.82, 2.24) is 5.32 Å². The molecule has 1 amide bonds. The third-order valence-electron chi connectivity index (χ3n) is 6.81. The lowest BCUT2D eigenvalue weighted by Crippen LogP contribution is -2.54. The summed E-state index contributed by atoms with van der Waals surface area (Å²) < 4.78 is 36.2. The van der Waals surface area contributed by atoms with Gasteiger partial charge in [-0.3, -0.25) is 0 Å². The van der Waals surface area contributed by atoms with E-state index in [4.69, 9.17) is 28.1 Å². The highest BCUT2D eigenvalue weighted by molar-refractivity contribution is 6.74. The van der Waals surface area contributed by atoms with Gasteiger partial charge in [0.15, 0.2) is 20.2 Å². The SMILES string of the molecule is CC(C)(C)OC(=O)N[C@H](CO[Si](C)(C)C(C)(C)C)[C@H]1O[C@H](OC(=O)c2ccccc2)[C@H]2OC(C)(C)O[C@H]21. The molecule has 1 aromatic carbocycles. The van der Waals surface area contributed by atoms with E-state index < -0.39 is 62.4 Å². The van der Waals surface area contributed by atoms with Crippen LogP contribution in [0.15, 0.2) is 30.3 Å². The molecule has 0 bridgehead atoms. The van der Waals surface area contributed by atoms with Crippen LogP contribution >= 0.6 is 0 Å². The summed E-state index contributed by atoms with van der Waals surface area (Å²) in [6, 6.07) is 8.03. The van der Waals surface area contributed by atoms with E-state index in [9.17, 15) is 9.59 Å². The molecular formula is C27H43NO8Si. The first-order chi connectivity index (χ1) is 16.9. The molecule has 9 nitrogen and oxygen atoms in total. The number of alkyl carbamates (subject to hydrolysis) is 1. The number of fused-ring (bicyclic) bond motifs is 1. The molecule has 5 atom stereocenters. The van der Waals surface area contributed by atoms with Crippen molar-refractivity contribution in [2.75, 3.05) is 6.61 Å². The monoisotopic (exact) mass is 537 g/mol. The third-order valence-corrected chi connectivity index (χ3v) is 11.3. The number of amides is 1. The number of hydrogen-bond acceptors (Lipinski definition) is 8. The van der Waals surface area contributed by atoms with Crippen molar-refractivity contribution in [2.45, 2.75) is 116 Å². The van der Waals surface area contributed by atoms with E-state index in [0.717, 1.165) is 0 Å². The Bertz CT molecular complexity index is 953. The molecule has 0 spiro atoms. The number of ether oxygens (including phenoxy) is 5. The van der Waals surface area contributed by atoms with Crippen LogP contribution in [0.25, 0.3) is 0 Å². The van der Waals surface area contributed by atoms with E-state index in [0.29, 0.717) is 5.56 Å². The predicted octanol–water partition coefficient (Wildman–Crippen LogP) is 5.00. The molecule has 2 saturated heterocycles. The first kappa shape index (κ1) is 29.6. The van der Waals surface area contributed by atoms with E-state index in [1.807, 2.05) is 6.07 Å². The summed E-state index contributed by atoms with van der Waals surface area (Å²) in [4.78, 5) is 25.6. The number of carbonyl (C=O) groups is 2. The topological polar surface area (TPSA) is 102 Å². The highest BCUT2D eigenvalue weighted by Gasteiger charge is 2.59. The Hall–Kier alpha value is -1.98. The van der Waals surface area contributed by atoms with Crippen LogP contribution in [0.5, 0.6) is 0 Å². The number of esters is 1. The molecule has 37 heavy (non-hydrogen) atoms. The number of benzene rings is 1. The minimum atomic E-state index is -2.17.